The van der Waals surface area contributed by atoms with Gasteiger partial charge in [0, 0.05) is 10.7 Å². The monoisotopic (exact) mass is 255 g/mol. The Balaban J connectivity index is 2.88. The molecule has 0 aliphatic heterocycles. The van der Waals surface area contributed by atoms with Gasteiger partial charge in [-0.25, -0.2) is 9.89 Å². The summed E-state index contributed by atoms with van der Waals surface area (Å²) in [7, 11) is 0. The Hall–Kier alpha value is -1.10. The molecule has 0 aliphatic carbocycles. The van der Waals surface area contributed by atoms with E-state index < -0.39 is 0 Å². The molecule has 2 aromatic heterocycles. The lowest BCUT2D eigenvalue weighted by atomic mass is 10.1. The summed E-state index contributed by atoms with van der Waals surface area (Å²) in [4.78, 5) is 11.4. The van der Waals surface area contributed by atoms with Gasteiger partial charge in [-0.2, -0.15) is 5.10 Å². The van der Waals surface area contributed by atoms with Gasteiger partial charge < -0.3 is 0 Å². The lowest BCUT2D eigenvalue weighted by Gasteiger charge is -2.04. The minimum atomic E-state index is -0.213. The fraction of sp³-hybridized carbons (Fsp3) is 0.333. The molecule has 14 heavy (non-hydrogen) atoms. The molecule has 2 rings (SSSR count). The molecule has 0 bridgehead atoms. The third-order valence-corrected chi connectivity index (χ3v) is 2.52. The van der Waals surface area contributed by atoms with Crippen LogP contribution in [0.1, 0.15) is 25.5 Å². The van der Waals surface area contributed by atoms with Crippen LogP contribution in [0.2, 0.25) is 0 Å². The highest BCUT2D eigenvalue weighted by atomic mass is 79.9. The Morgan fingerprint density at radius 3 is 2.93 bits per heavy atom. The molecule has 0 saturated carbocycles. The fourth-order valence-electron chi connectivity index (χ4n) is 1.44. The van der Waals surface area contributed by atoms with E-state index in [1.807, 2.05) is 19.9 Å². The molecule has 0 spiro atoms. The first-order chi connectivity index (χ1) is 6.59. The van der Waals surface area contributed by atoms with Crippen LogP contribution in [-0.2, 0) is 0 Å². The summed E-state index contributed by atoms with van der Waals surface area (Å²) >= 11 is 3.34. The zero-order valence-corrected chi connectivity index (χ0v) is 9.50. The van der Waals surface area contributed by atoms with E-state index in [2.05, 4.69) is 26.1 Å². The van der Waals surface area contributed by atoms with Crippen LogP contribution in [-0.4, -0.2) is 14.6 Å². The minimum Gasteiger partial charge on any atom is -0.265 e. The smallest absolute Gasteiger partial charge is 0.265 e. The number of halogens is 1. The molecule has 0 saturated heterocycles. The maximum atomic E-state index is 11.4. The van der Waals surface area contributed by atoms with Gasteiger partial charge in [0.05, 0.1) is 11.2 Å². The van der Waals surface area contributed by atoms with E-state index in [0.717, 1.165) is 15.7 Å². The third kappa shape index (κ3) is 1.37. The Labute approximate surface area is 89.1 Å². The number of aromatic nitrogens is 3. The van der Waals surface area contributed by atoms with Crippen LogP contribution < -0.4 is 5.69 Å². The largest absolute Gasteiger partial charge is 0.346 e. The lowest BCUT2D eigenvalue weighted by molar-refractivity contribution is 0.757. The van der Waals surface area contributed by atoms with Gasteiger partial charge >= 0.3 is 5.69 Å². The Morgan fingerprint density at radius 2 is 2.29 bits per heavy atom. The van der Waals surface area contributed by atoms with Crippen LogP contribution >= 0.6 is 15.9 Å². The van der Waals surface area contributed by atoms with E-state index in [1.54, 1.807) is 10.6 Å². The Kier molecular flexibility index (Phi) is 2.19. The maximum absolute atomic E-state index is 11.4. The zero-order chi connectivity index (χ0) is 10.3. The summed E-state index contributed by atoms with van der Waals surface area (Å²) in [6.45, 7) is 4.09. The molecule has 0 atom stereocenters. The highest BCUT2D eigenvalue weighted by Crippen LogP contribution is 2.20. The Morgan fingerprint density at radius 1 is 1.57 bits per heavy atom. The molecule has 0 fully saturated rings. The SMILES string of the molecule is CC(C)c1n[nH]c(=O)n2cc(Br)cc12. The summed E-state index contributed by atoms with van der Waals surface area (Å²) in [6, 6.07) is 1.90. The van der Waals surface area contributed by atoms with Gasteiger partial charge in [-0.05, 0) is 27.9 Å². The summed E-state index contributed by atoms with van der Waals surface area (Å²) in [6.07, 6.45) is 1.74. The highest BCUT2D eigenvalue weighted by molar-refractivity contribution is 9.10. The van der Waals surface area contributed by atoms with Gasteiger partial charge in [-0.3, -0.25) is 4.40 Å². The number of rotatable bonds is 1. The number of nitrogens with zero attached hydrogens (tertiary/aromatic N) is 2. The van der Waals surface area contributed by atoms with E-state index >= 15 is 0 Å². The van der Waals surface area contributed by atoms with E-state index in [-0.39, 0.29) is 11.6 Å². The topological polar surface area (TPSA) is 50.2 Å². The normalized spacial score (nSPS) is 11.4. The van der Waals surface area contributed by atoms with E-state index in [9.17, 15) is 4.79 Å². The number of H-pyrrole nitrogens is 1. The first-order valence-electron chi connectivity index (χ1n) is 4.36. The maximum Gasteiger partial charge on any atom is 0.346 e. The van der Waals surface area contributed by atoms with Gasteiger partial charge in [0.15, 0.2) is 0 Å². The predicted octanol–water partition coefficient (Wildman–Crippen LogP) is 1.91. The molecule has 74 valence electrons. The van der Waals surface area contributed by atoms with Gasteiger partial charge in [-0.1, -0.05) is 13.8 Å². The molecule has 0 unspecified atom stereocenters. The van der Waals surface area contributed by atoms with Crippen molar-refractivity contribution in [2.24, 2.45) is 0 Å². The van der Waals surface area contributed by atoms with Crippen LogP contribution in [0, 0.1) is 0 Å². The van der Waals surface area contributed by atoms with Crippen LogP contribution in [0.3, 0.4) is 0 Å². The van der Waals surface area contributed by atoms with Crippen LogP contribution in [0.25, 0.3) is 5.52 Å². The van der Waals surface area contributed by atoms with Gasteiger partial charge in [0.2, 0.25) is 0 Å². The van der Waals surface area contributed by atoms with Crippen molar-refractivity contribution >= 4 is 21.4 Å². The van der Waals surface area contributed by atoms with Crippen molar-refractivity contribution < 1.29 is 0 Å². The number of nitrogens with one attached hydrogen (secondary N) is 1. The van der Waals surface area contributed by atoms with Crippen molar-refractivity contribution in [1.82, 2.24) is 14.6 Å². The molecule has 2 aromatic rings. The van der Waals surface area contributed by atoms with Gasteiger partial charge in [0.1, 0.15) is 0 Å². The van der Waals surface area contributed by atoms with Crippen LogP contribution in [0.4, 0.5) is 0 Å². The van der Waals surface area contributed by atoms with Crippen molar-refractivity contribution in [3.8, 4) is 0 Å². The fourth-order valence-corrected chi connectivity index (χ4v) is 1.86. The predicted molar refractivity (Wildman–Crippen MR) is 57.6 cm³/mol. The standard InChI is InChI=1S/C9H10BrN3O/c1-5(2)8-7-3-6(10)4-13(7)9(14)12-11-8/h3-5H,1-2H3,(H,12,14). The quantitative estimate of drug-likeness (QED) is 0.847. The van der Waals surface area contributed by atoms with Crippen molar-refractivity contribution in [3.05, 3.63) is 32.9 Å². The summed E-state index contributed by atoms with van der Waals surface area (Å²) in [5.74, 6) is 0.288. The molecule has 0 amide bonds. The average Bonchev–Trinajstić information content (AvgIpc) is 2.47. The molecular formula is C9H10BrN3O. The molecule has 0 aliphatic rings. The van der Waals surface area contributed by atoms with E-state index in [1.165, 1.54) is 0 Å². The molecule has 4 nitrogen and oxygen atoms in total. The average molecular weight is 256 g/mol. The van der Waals surface area contributed by atoms with E-state index in [4.69, 9.17) is 0 Å². The number of aromatic amines is 1. The second kappa shape index (κ2) is 3.24. The Bertz CT molecular complexity index is 526. The number of fused-ring (bicyclic) bond motifs is 1. The van der Waals surface area contributed by atoms with Gasteiger partial charge in [-0.15, -0.1) is 0 Å². The molecule has 0 radical (unpaired) electrons. The third-order valence-electron chi connectivity index (χ3n) is 2.09. The number of hydrogen-bond acceptors (Lipinski definition) is 2. The summed E-state index contributed by atoms with van der Waals surface area (Å²) < 4.78 is 2.45. The van der Waals surface area contributed by atoms with Crippen molar-refractivity contribution in [2.75, 3.05) is 0 Å². The van der Waals surface area contributed by atoms with Crippen molar-refractivity contribution in [2.45, 2.75) is 19.8 Å². The number of hydrogen-bond donors (Lipinski definition) is 1. The lowest BCUT2D eigenvalue weighted by Crippen LogP contribution is -2.19. The molecule has 1 N–H and O–H groups in total. The van der Waals surface area contributed by atoms with Crippen molar-refractivity contribution in [1.29, 1.82) is 0 Å². The van der Waals surface area contributed by atoms with Crippen LogP contribution in [0.5, 0.6) is 0 Å². The summed E-state index contributed by atoms with van der Waals surface area (Å²) in [5.41, 5.74) is 1.54. The highest BCUT2D eigenvalue weighted by Gasteiger charge is 2.10. The summed E-state index contributed by atoms with van der Waals surface area (Å²) in [5, 5.41) is 6.51. The van der Waals surface area contributed by atoms with Crippen LogP contribution in [0.15, 0.2) is 21.5 Å². The van der Waals surface area contributed by atoms with E-state index in [0.29, 0.717) is 0 Å². The zero-order valence-electron chi connectivity index (χ0n) is 7.91. The first-order valence-corrected chi connectivity index (χ1v) is 5.15. The second-order valence-corrected chi connectivity index (χ2v) is 4.40. The molecule has 5 heteroatoms. The first kappa shape index (κ1) is 9.45. The minimum absolute atomic E-state index is 0.213. The second-order valence-electron chi connectivity index (χ2n) is 3.48. The molecule has 2 heterocycles. The molecule has 0 aromatic carbocycles. The van der Waals surface area contributed by atoms with Crippen molar-refractivity contribution in [3.63, 3.8) is 0 Å². The van der Waals surface area contributed by atoms with Gasteiger partial charge in [0.25, 0.3) is 0 Å². The molecular weight excluding hydrogens is 246 g/mol.